The second kappa shape index (κ2) is 8.78. The lowest BCUT2D eigenvalue weighted by atomic mass is 9.88. The third kappa shape index (κ3) is 4.95. The molecule has 2 atom stereocenters. The number of carbonyl (C=O) groups excluding carboxylic acids is 1. The lowest BCUT2D eigenvalue weighted by molar-refractivity contribution is -0.154. The first-order valence-corrected chi connectivity index (χ1v) is 10.6. The number of benzene rings is 2. The molecule has 2 aromatic carbocycles. The molecule has 1 saturated heterocycles. The third-order valence-corrected chi connectivity index (χ3v) is 5.99. The molecule has 31 heavy (non-hydrogen) atoms. The van der Waals surface area contributed by atoms with Gasteiger partial charge in [-0.2, -0.15) is 13.2 Å². The van der Waals surface area contributed by atoms with E-state index in [2.05, 4.69) is 15.5 Å². The number of rotatable bonds is 4. The number of nitrogens with one attached hydrogen (secondary N) is 2. The lowest BCUT2D eigenvalue weighted by Crippen LogP contribution is -2.40. The number of hydrogen-bond donors (Lipinski definition) is 3. The van der Waals surface area contributed by atoms with Gasteiger partial charge in [0.15, 0.2) is 6.04 Å². The van der Waals surface area contributed by atoms with Crippen molar-refractivity contribution < 1.29 is 23.1 Å². The molecule has 0 saturated carbocycles. The molecule has 0 aromatic heterocycles. The van der Waals surface area contributed by atoms with Gasteiger partial charge in [-0.05, 0) is 60.6 Å². The zero-order valence-corrected chi connectivity index (χ0v) is 17.1. The molecular formula is C23H26F3N3O2. The van der Waals surface area contributed by atoms with Gasteiger partial charge in [0, 0.05) is 30.9 Å². The van der Waals surface area contributed by atoms with Crippen LogP contribution in [-0.4, -0.2) is 36.5 Å². The number of alkyl halides is 3. The number of aliphatic hydroxyl groups is 1. The number of anilines is 2. The topological polar surface area (TPSA) is 64.6 Å². The summed E-state index contributed by atoms with van der Waals surface area (Å²) in [5.41, 5.74) is 2.93. The van der Waals surface area contributed by atoms with Crippen LogP contribution in [-0.2, 0) is 12.8 Å². The Kier molecular flexibility index (Phi) is 6.09. The molecule has 2 amide bonds. The third-order valence-electron chi connectivity index (χ3n) is 5.99. The van der Waals surface area contributed by atoms with Crippen molar-refractivity contribution in [1.82, 2.24) is 5.32 Å². The van der Waals surface area contributed by atoms with Crippen LogP contribution in [0.5, 0.6) is 0 Å². The maximum absolute atomic E-state index is 13.8. The Labute approximate surface area is 179 Å². The normalized spacial score (nSPS) is 19.6. The van der Waals surface area contributed by atoms with Gasteiger partial charge in [-0.3, -0.25) is 0 Å². The van der Waals surface area contributed by atoms with Gasteiger partial charge in [0.25, 0.3) is 0 Å². The zero-order valence-electron chi connectivity index (χ0n) is 17.1. The van der Waals surface area contributed by atoms with E-state index < -0.39 is 24.4 Å². The van der Waals surface area contributed by atoms with Crippen LogP contribution in [0.1, 0.15) is 42.0 Å². The molecule has 166 valence electrons. The van der Waals surface area contributed by atoms with Gasteiger partial charge in [0.1, 0.15) is 0 Å². The molecule has 0 radical (unpaired) electrons. The summed E-state index contributed by atoms with van der Waals surface area (Å²) >= 11 is 0. The Morgan fingerprint density at radius 3 is 2.61 bits per heavy atom. The van der Waals surface area contributed by atoms with Crippen molar-refractivity contribution in [1.29, 1.82) is 0 Å². The van der Waals surface area contributed by atoms with Crippen LogP contribution in [0.25, 0.3) is 0 Å². The summed E-state index contributed by atoms with van der Waals surface area (Å²) in [5.74, 6) is 0. The molecule has 2 aromatic rings. The minimum absolute atomic E-state index is 0.00226. The van der Waals surface area contributed by atoms with Gasteiger partial charge in [-0.15, -0.1) is 0 Å². The maximum Gasteiger partial charge on any atom is 0.412 e. The number of amides is 2. The van der Waals surface area contributed by atoms with Crippen LogP contribution in [0, 0.1) is 0 Å². The highest BCUT2D eigenvalue weighted by atomic mass is 19.4. The Hall–Kier alpha value is -2.74. The fourth-order valence-corrected chi connectivity index (χ4v) is 4.41. The fourth-order valence-electron chi connectivity index (χ4n) is 4.41. The highest BCUT2D eigenvalue weighted by Crippen LogP contribution is 2.35. The number of aliphatic hydroxyl groups excluding tert-OH is 1. The molecule has 1 heterocycles. The Balaban J connectivity index is 1.53. The molecule has 3 N–H and O–H groups in total. The van der Waals surface area contributed by atoms with E-state index in [9.17, 15) is 23.1 Å². The summed E-state index contributed by atoms with van der Waals surface area (Å²) in [4.78, 5) is 14.6. The summed E-state index contributed by atoms with van der Waals surface area (Å²) < 4.78 is 41.5. The second-order valence-corrected chi connectivity index (χ2v) is 8.20. The molecule has 1 aliphatic carbocycles. The zero-order chi connectivity index (χ0) is 22.0. The molecule has 4 rings (SSSR count). The number of halogens is 3. The van der Waals surface area contributed by atoms with Crippen molar-refractivity contribution in [2.24, 2.45) is 0 Å². The van der Waals surface area contributed by atoms with Crippen molar-refractivity contribution in [3.63, 3.8) is 0 Å². The van der Waals surface area contributed by atoms with Gasteiger partial charge in [0.2, 0.25) is 0 Å². The molecule has 2 aliphatic rings. The standard InChI is InChI=1S/C23H26F3N3O2/c24-23(25,26)21(16-6-3-7-17(13-16)29-11-1-2-12-29)28-22(31)27-20-8-4-5-15-9-10-18(30)14-19(15)20/h3-8,13,18,21,30H,1-2,9-12,14H2,(H2,27,28,31). The molecule has 5 nitrogen and oxygen atoms in total. The Bertz CT molecular complexity index is 942. The monoisotopic (exact) mass is 433 g/mol. The van der Waals surface area contributed by atoms with E-state index in [1.54, 1.807) is 24.3 Å². The maximum atomic E-state index is 13.8. The smallest absolute Gasteiger partial charge is 0.393 e. The fraction of sp³-hybridized carbons (Fsp3) is 0.435. The summed E-state index contributed by atoms with van der Waals surface area (Å²) in [5, 5.41) is 14.6. The summed E-state index contributed by atoms with van der Waals surface area (Å²) in [7, 11) is 0. The van der Waals surface area contributed by atoms with Crippen molar-refractivity contribution in [3.05, 3.63) is 59.2 Å². The Morgan fingerprint density at radius 1 is 1.13 bits per heavy atom. The molecule has 8 heteroatoms. The SMILES string of the molecule is O=C(Nc1cccc2c1CC(O)CC2)NC(c1cccc(N2CCCC2)c1)C(F)(F)F. The van der Waals surface area contributed by atoms with Gasteiger partial charge in [0.05, 0.1) is 6.10 Å². The number of urea groups is 1. The minimum atomic E-state index is -4.65. The van der Waals surface area contributed by atoms with E-state index in [0.717, 1.165) is 42.7 Å². The van der Waals surface area contributed by atoms with Crippen LogP contribution in [0.4, 0.5) is 29.3 Å². The van der Waals surface area contributed by atoms with Crippen LogP contribution < -0.4 is 15.5 Å². The number of nitrogens with zero attached hydrogens (tertiary/aromatic N) is 1. The largest absolute Gasteiger partial charge is 0.412 e. The number of hydrogen-bond acceptors (Lipinski definition) is 3. The highest BCUT2D eigenvalue weighted by molar-refractivity contribution is 5.90. The van der Waals surface area contributed by atoms with E-state index in [0.29, 0.717) is 24.9 Å². The molecule has 1 aliphatic heterocycles. The number of fused-ring (bicyclic) bond motifs is 1. The van der Waals surface area contributed by atoms with E-state index >= 15 is 0 Å². The van der Waals surface area contributed by atoms with E-state index in [4.69, 9.17) is 0 Å². The van der Waals surface area contributed by atoms with Crippen LogP contribution in [0.2, 0.25) is 0 Å². The predicted octanol–water partition coefficient (Wildman–Crippen LogP) is 4.56. The van der Waals surface area contributed by atoms with Crippen molar-refractivity contribution in [2.45, 2.75) is 50.4 Å². The van der Waals surface area contributed by atoms with E-state index in [-0.39, 0.29) is 5.56 Å². The highest BCUT2D eigenvalue weighted by Gasteiger charge is 2.42. The molecule has 2 unspecified atom stereocenters. The lowest BCUT2D eigenvalue weighted by Gasteiger charge is -2.26. The van der Waals surface area contributed by atoms with Gasteiger partial charge < -0.3 is 20.6 Å². The van der Waals surface area contributed by atoms with Crippen molar-refractivity contribution in [2.75, 3.05) is 23.3 Å². The average Bonchev–Trinajstić information content (AvgIpc) is 3.27. The van der Waals surface area contributed by atoms with Crippen LogP contribution >= 0.6 is 0 Å². The summed E-state index contributed by atoms with van der Waals surface area (Å²) in [6.45, 7) is 1.64. The van der Waals surface area contributed by atoms with Gasteiger partial charge in [-0.25, -0.2) is 4.79 Å². The average molecular weight is 433 g/mol. The van der Waals surface area contributed by atoms with Gasteiger partial charge >= 0.3 is 12.2 Å². The molecular weight excluding hydrogens is 407 g/mol. The van der Waals surface area contributed by atoms with E-state index in [1.807, 2.05) is 6.07 Å². The molecule has 0 bridgehead atoms. The van der Waals surface area contributed by atoms with Crippen LogP contribution in [0.3, 0.4) is 0 Å². The van der Waals surface area contributed by atoms with Gasteiger partial charge in [-0.1, -0.05) is 24.3 Å². The first-order valence-electron chi connectivity index (χ1n) is 10.6. The number of aryl methyl sites for hydroxylation is 1. The Morgan fingerprint density at radius 2 is 1.87 bits per heavy atom. The quantitative estimate of drug-likeness (QED) is 0.662. The predicted molar refractivity (Wildman–Crippen MR) is 113 cm³/mol. The second-order valence-electron chi connectivity index (χ2n) is 8.20. The van der Waals surface area contributed by atoms with Crippen LogP contribution in [0.15, 0.2) is 42.5 Å². The van der Waals surface area contributed by atoms with Crippen molar-refractivity contribution >= 4 is 17.4 Å². The van der Waals surface area contributed by atoms with E-state index in [1.165, 1.54) is 12.1 Å². The molecule has 1 fully saturated rings. The summed E-state index contributed by atoms with van der Waals surface area (Å²) in [6, 6.07) is 8.54. The molecule has 0 spiro atoms. The summed E-state index contributed by atoms with van der Waals surface area (Å²) in [6.07, 6.45) is -1.46. The first-order chi connectivity index (χ1) is 14.8. The first kappa shape index (κ1) is 21.5. The number of carbonyl (C=O) groups is 1. The minimum Gasteiger partial charge on any atom is -0.393 e. The van der Waals surface area contributed by atoms with Crippen molar-refractivity contribution in [3.8, 4) is 0 Å².